The number of para-hydroxylation sites is 1. The number of hydrogen-bond acceptors (Lipinski definition) is 7. The minimum absolute atomic E-state index is 0.0723. The Morgan fingerprint density at radius 2 is 1.55 bits per heavy atom. The second-order valence-corrected chi connectivity index (χ2v) is 8.96. The van der Waals surface area contributed by atoms with Gasteiger partial charge in [-0.3, -0.25) is 0 Å². The van der Waals surface area contributed by atoms with E-state index in [0.717, 1.165) is 6.07 Å². The molecule has 4 aromatic rings. The number of H-pyrrole nitrogens is 1. The van der Waals surface area contributed by atoms with Gasteiger partial charge in [-0.05, 0) is 60.7 Å². The zero-order valence-corrected chi connectivity index (χ0v) is 23.1. The number of allylic oxidation sites excluding steroid dienone is 1. The van der Waals surface area contributed by atoms with Crippen molar-refractivity contribution >= 4 is 17.3 Å². The second kappa shape index (κ2) is 12.4. The molecule has 3 aromatic carbocycles. The first-order valence-corrected chi connectivity index (χ1v) is 12.8. The average molecular weight is 599 g/mol. The molecule has 1 aromatic heterocycles. The van der Waals surface area contributed by atoms with Gasteiger partial charge in [0.1, 0.15) is 22.8 Å². The standard InChI is InChI=1S/C32H21F3N4O5/c1-37-20-9-13-21(14-10-20)42-28-16-15-24(38-28)29(44-30-26(40-2)5-4-6-27(30)41-3)25-17-23(32(33,34)35)31(39-25)43-22-11-7-19(18-36)8-12-22/h4-17,39H,2-3H3/b29-24+. The summed E-state index contributed by atoms with van der Waals surface area (Å²) in [5, 5.41) is 9.04. The highest BCUT2D eigenvalue weighted by atomic mass is 19.4. The zero-order valence-electron chi connectivity index (χ0n) is 23.1. The number of nitrogens with one attached hydrogen (secondary N) is 1. The van der Waals surface area contributed by atoms with Crippen LogP contribution in [-0.2, 0) is 6.18 Å². The molecule has 0 aliphatic carbocycles. The number of alkyl halides is 3. The predicted octanol–water partition coefficient (Wildman–Crippen LogP) is 8.06. The highest BCUT2D eigenvalue weighted by molar-refractivity contribution is 5.95. The van der Waals surface area contributed by atoms with Gasteiger partial charge < -0.3 is 28.7 Å². The molecule has 0 amide bonds. The highest BCUT2D eigenvalue weighted by Crippen LogP contribution is 2.44. The summed E-state index contributed by atoms with van der Waals surface area (Å²) in [5.41, 5.74) is -0.369. The third kappa shape index (κ3) is 6.35. The SMILES string of the molecule is [C-]#[N+]c1ccc(OC2=N/C(=C(/Oc3c(OC)cccc3OC)c3cc(C(F)(F)F)c(Oc4ccc(C#N)cc4)[nH]3)C=C2)cc1. The Kier molecular flexibility index (Phi) is 8.26. The van der Waals surface area contributed by atoms with Crippen molar-refractivity contribution in [3.8, 4) is 40.7 Å². The number of rotatable bonds is 8. The number of aromatic amines is 1. The number of halogens is 3. The quantitative estimate of drug-likeness (QED) is 0.163. The fraction of sp³-hybridized carbons (Fsp3) is 0.0938. The first-order valence-electron chi connectivity index (χ1n) is 12.8. The van der Waals surface area contributed by atoms with Gasteiger partial charge in [-0.2, -0.15) is 18.4 Å². The number of ether oxygens (including phenoxy) is 5. The predicted molar refractivity (Wildman–Crippen MR) is 154 cm³/mol. The van der Waals surface area contributed by atoms with Gasteiger partial charge in [0.2, 0.25) is 17.5 Å². The lowest BCUT2D eigenvalue weighted by atomic mass is 10.2. The molecule has 44 heavy (non-hydrogen) atoms. The van der Waals surface area contributed by atoms with E-state index in [1.165, 1.54) is 50.6 Å². The van der Waals surface area contributed by atoms with Crippen molar-refractivity contribution in [1.82, 2.24) is 4.98 Å². The van der Waals surface area contributed by atoms with E-state index in [2.05, 4.69) is 14.8 Å². The number of aliphatic imine (C=N–C) groups is 1. The number of aromatic nitrogens is 1. The van der Waals surface area contributed by atoms with Crippen LogP contribution in [-0.4, -0.2) is 25.1 Å². The highest BCUT2D eigenvalue weighted by Gasteiger charge is 2.38. The van der Waals surface area contributed by atoms with Crippen LogP contribution in [0, 0.1) is 17.9 Å². The summed E-state index contributed by atoms with van der Waals surface area (Å²) >= 11 is 0. The Balaban J connectivity index is 1.61. The average Bonchev–Trinajstić information content (AvgIpc) is 3.68. The maximum Gasteiger partial charge on any atom is 0.421 e. The molecule has 1 N–H and O–H groups in total. The number of hydrogen-bond donors (Lipinski definition) is 1. The van der Waals surface area contributed by atoms with E-state index in [9.17, 15) is 13.2 Å². The monoisotopic (exact) mass is 598 g/mol. The van der Waals surface area contributed by atoms with Crippen molar-refractivity contribution in [1.29, 1.82) is 5.26 Å². The second-order valence-electron chi connectivity index (χ2n) is 8.96. The first kappa shape index (κ1) is 29.4. The van der Waals surface area contributed by atoms with E-state index in [4.69, 9.17) is 35.5 Å². The molecule has 0 radical (unpaired) electrons. The molecule has 2 heterocycles. The van der Waals surface area contributed by atoms with Crippen LogP contribution in [0.5, 0.6) is 34.6 Å². The van der Waals surface area contributed by atoms with Crippen LogP contribution in [0.4, 0.5) is 18.9 Å². The summed E-state index contributed by atoms with van der Waals surface area (Å²) in [5.74, 6) is 0.462. The van der Waals surface area contributed by atoms with Crippen molar-refractivity contribution in [2.75, 3.05) is 14.2 Å². The van der Waals surface area contributed by atoms with E-state index in [1.807, 2.05) is 6.07 Å². The Labute approximate surface area is 249 Å². The Morgan fingerprint density at radius 1 is 0.909 bits per heavy atom. The molecule has 0 atom stereocenters. The number of nitriles is 1. The van der Waals surface area contributed by atoms with Gasteiger partial charge in [0.15, 0.2) is 22.9 Å². The Morgan fingerprint density at radius 3 is 2.14 bits per heavy atom. The number of methoxy groups -OCH3 is 2. The van der Waals surface area contributed by atoms with Gasteiger partial charge in [-0.15, -0.1) is 0 Å². The van der Waals surface area contributed by atoms with Crippen molar-refractivity contribution in [2.24, 2.45) is 4.99 Å². The van der Waals surface area contributed by atoms with E-state index in [-0.39, 0.29) is 46.0 Å². The Bertz CT molecular complexity index is 1840. The summed E-state index contributed by atoms with van der Waals surface area (Å²) in [6.07, 6.45) is -1.78. The van der Waals surface area contributed by atoms with Gasteiger partial charge in [0, 0.05) is 6.08 Å². The molecule has 0 unspecified atom stereocenters. The van der Waals surface area contributed by atoms with Crippen LogP contribution in [0.1, 0.15) is 16.8 Å². The van der Waals surface area contributed by atoms with Crippen LogP contribution < -0.4 is 23.7 Å². The van der Waals surface area contributed by atoms with Crippen molar-refractivity contribution in [3.63, 3.8) is 0 Å². The molecule has 0 saturated carbocycles. The normalized spacial score (nSPS) is 13.4. The lowest BCUT2D eigenvalue weighted by Crippen LogP contribution is -2.05. The van der Waals surface area contributed by atoms with Crippen LogP contribution in [0.3, 0.4) is 0 Å². The summed E-state index contributed by atoms with van der Waals surface area (Å²) in [4.78, 5) is 10.4. The molecule has 220 valence electrons. The molecular formula is C32H21F3N4O5. The van der Waals surface area contributed by atoms with E-state index in [1.54, 1.807) is 42.5 Å². The van der Waals surface area contributed by atoms with Gasteiger partial charge in [-0.1, -0.05) is 18.2 Å². The molecule has 1 aliphatic rings. The summed E-state index contributed by atoms with van der Waals surface area (Å²) < 4.78 is 71.1. The third-order valence-electron chi connectivity index (χ3n) is 6.16. The maximum absolute atomic E-state index is 14.2. The molecule has 9 nitrogen and oxygen atoms in total. The smallest absolute Gasteiger partial charge is 0.421 e. The van der Waals surface area contributed by atoms with Gasteiger partial charge in [0.05, 0.1) is 38.1 Å². The van der Waals surface area contributed by atoms with Gasteiger partial charge >= 0.3 is 6.18 Å². The van der Waals surface area contributed by atoms with E-state index >= 15 is 0 Å². The third-order valence-corrected chi connectivity index (χ3v) is 6.16. The van der Waals surface area contributed by atoms with Crippen LogP contribution in [0.25, 0.3) is 10.6 Å². The van der Waals surface area contributed by atoms with E-state index in [0.29, 0.717) is 17.0 Å². The topological polar surface area (TPSA) is 102 Å². The fourth-order valence-electron chi connectivity index (χ4n) is 4.07. The minimum atomic E-state index is -4.81. The fourth-order valence-corrected chi connectivity index (χ4v) is 4.07. The van der Waals surface area contributed by atoms with Crippen molar-refractivity contribution < 1.29 is 36.9 Å². The summed E-state index contributed by atoms with van der Waals surface area (Å²) in [6, 6.07) is 19.6. The van der Waals surface area contributed by atoms with Gasteiger partial charge in [-0.25, -0.2) is 9.84 Å². The lowest BCUT2D eigenvalue weighted by Gasteiger charge is -2.16. The summed E-state index contributed by atoms with van der Waals surface area (Å²) in [6.45, 7) is 7.10. The van der Waals surface area contributed by atoms with Gasteiger partial charge in [0.25, 0.3) is 0 Å². The van der Waals surface area contributed by atoms with Crippen LogP contribution in [0.2, 0.25) is 0 Å². The Hall–Kier alpha value is -6.14. The molecule has 12 heteroatoms. The number of benzene rings is 3. The van der Waals surface area contributed by atoms with Crippen molar-refractivity contribution in [3.05, 3.63) is 119 Å². The molecule has 5 rings (SSSR count). The zero-order chi connectivity index (χ0) is 31.3. The summed E-state index contributed by atoms with van der Waals surface area (Å²) in [7, 11) is 2.82. The molecule has 0 saturated heterocycles. The first-order chi connectivity index (χ1) is 21.2. The van der Waals surface area contributed by atoms with Crippen LogP contribution in [0.15, 0.2) is 95.6 Å². The van der Waals surface area contributed by atoms with E-state index < -0.39 is 17.6 Å². The molecule has 0 spiro atoms. The minimum Gasteiger partial charge on any atom is -0.493 e. The largest absolute Gasteiger partial charge is 0.493 e. The molecular weight excluding hydrogens is 577 g/mol. The molecule has 1 aliphatic heterocycles. The van der Waals surface area contributed by atoms with Crippen LogP contribution >= 0.6 is 0 Å². The lowest BCUT2D eigenvalue weighted by molar-refractivity contribution is -0.138. The maximum atomic E-state index is 14.2. The number of nitrogens with zero attached hydrogens (tertiary/aromatic N) is 3. The molecule has 0 fully saturated rings. The van der Waals surface area contributed by atoms with Crippen molar-refractivity contribution in [2.45, 2.75) is 6.18 Å². The molecule has 0 bridgehead atoms.